The summed E-state index contributed by atoms with van der Waals surface area (Å²) in [5, 5.41) is 5.95. The highest BCUT2D eigenvalue weighted by atomic mass is 79.9. The van der Waals surface area contributed by atoms with Crippen molar-refractivity contribution in [2.75, 3.05) is 6.54 Å². The van der Waals surface area contributed by atoms with Gasteiger partial charge in [0, 0.05) is 15.4 Å². The molecule has 1 aromatic carbocycles. The number of hydrogen-bond donors (Lipinski definition) is 1. The van der Waals surface area contributed by atoms with E-state index in [1.54, 1.807) is 0 Å². The zero-order valence-corrected chi connectivity index (χ0v) is 14.1. The van der Waals surface area contributed by atoms with E-state index in [0.29, 0.717) is 12.0 Å². The summed E-state index contributed by atoms with van der Waals surface area (Å²) < 4.78 is 1.26. The summed E-state index contributed by atoms with van der Waals surface area (Å²) in [7, 11) is 0. The van der Waals surface area contributed by atoms with Gasteiger partial charge in [-0.2, -0.15) is 0 Å². The van der Waals surface area contributed by atoms with Crippen LogP contribution in [0.25, 0.3) is 0 Å². The standard InChI is InChI=1S/C17H20BrNS/c1-2-8-19-16(17-15(18)7-9-20-17)14-10-12-5-3-4-6-13(12)11-14/h3-7,9,14,16,19H,2,8,10-11H2,1H3. The molecule has 20 heavy (non-hydrogen) atoms. The highest BCUT2D eigenvalue weighted by Crippen LogP contribution is 2.39. The Balaban J connectivity index is 1.83. The van der Waals surface area contributed by atoms with Gasteiger partial charge in [-0.15, -0.1) is 11.3 Å². The number of fused-ring (bicyclic) bond motifs is 1. The smallest absolute Gasteiger partial charge is 0.0461 e. The first kappa shape index (κ1) is 14.3. The third-order valence-corrected chi connectivity index (χ3v) is 6.05. The molecule has 2 aromatic rings. The van der Waals surface area contributed by atoms with Crippen LogP contribution in [0.2, 0.25) is 0 Å². The third-order valence-electron chi connectivity index (χ3n) is 4.10. The van der Waals surface area contributed by atoms with E-state index in [9.17, 15) is 0 Å². The second-order valence-electron chi connectivity index (χ2n) is 5.50. The number of benzene rings is 1. The maximum atomic E-state index is 3.77. The average molecular weight is 350 g/mol. The monoisotopic (exact) mass is 349 g/mol. The Morgan fingerprint density at radius 2 is 1.95 bits per heavy atom. The number of nitrogens with one attached hydrogen (secondary N) is 1. The lowest BCUT2D eigenvalue weighted by molar-refractivity contribution is 0.378. The Morgan fingerprint density at radius 3 is 2.50 bits per heavy atom. The maximum Gasteiger partial charge on any atom is 0.0461 e. The van der Waals surface area contributed by atoms with E-state index in [0.717, 1.165) is 6.54 Å². The third kappa shape index (κ3) is 2.85. The van der Waals surface area contributed by atoms with Crippen molar-refractivity contribution in [2.45, 2.75) is 32.2 Å². The molecule has 0 amide bonds. The van der Waals surface area contributed by atoms with Gasteiger partial charge in [0.05, 0.1) is 0 Å². The van der Waals surface area contributed by atoms with E-state index in [4.69, 9.17) is 0 Å². The van der Waals surface area contributed by atoms with Crippen molar-refractivity contribution in [2.24, 2.45) is 5.92 Å². The average Bonchev–Trinajstić information content (AvgIpc) is 3.06. The molecule has 1 aliphatic carbocycles. The Morgan fingerprint density at radius 1 is 1.25 bits per heavy atom. The Labute approximate surface area is 133 Å². The minimum absolute atomic E-state index is 0.469. The maximum absolute atomic E-state index is 3.77. The van der Waals surface area contributed by atoms with Crippen LogP contribution in [-0.2, 0) is 12.8 Å². The lowest BCUT2D eigenvalue weighted by Crippen LogP contribution is -2.29. The molecule has 0 bridgehead atoms. The van der Waals surface area contributed by atoms with E-state index in [-0.39, 0.29) is 0 Å². The van der Waals surface area contributed by atoms with Crippen LogP contribution in [-0.4, -0.2) is 6.54 Å². The summed E-state index contributed by atoms with van der Waals surface area (Å²) in [6.45, 7) is 3.32. The molecule has 1 N–H and O–H groups in total. The lowest BCUT2D eigenvalue weighted by Gasteiger charge is -2.24. The van der Waals surface area contributed by atoms with E-state index >= 15 is 0 Å². The highest BCUT2D eigenvalue weighted by molar-refractivity contribution is 9.10. The van der Waals surface area contributed by atoms with Crippen LogP contribution in [0.3, 0.4) is 0 Å². The molecular weight excluding hydrogens is 330 g/mol. The predicted molar refractivity (Wildman–Crippen MR) is 90.4 cm³/mol. The van der Waals surface area contributed by atoms with Gasteiger partial charge in [-0.25, -0.2) is 0 Å². The van der Waals surface area contributed by atoms with Crippen molar-refractivity contribution in [1.29, 1.82) is 0 Å². The van der Waals surface area contributed by atoms with Crippen molar-refractivity contribution in [3.63, 3.8) is 0 Å². The summed E-state index contributed by atoms with van der Waals surface area (Å²) in [5.74, 6) is 0.675. The van der Waals surface area contributed by atoms with Gasteiger partial charge in [0.15, 0.2) is 0 Å². The Hall–Kier alpha value is -0.640. The Bertz CT molecular complexity index is 553. The fourth-order valence-corrected chi connectivity index (χ4v) is 4.92. The molecule has 3 rings (SSSR count). The molecule has 0 fully saturated rings. The first-order valence-electron chi connectivity index (χ1n) is 7.32. The second-order valence-corrected chi connectivity index (χ2v) is 7.30. The normalized spacial score (nSPS) is 16.3. The largest absolute Gasteiger partial charge is 0.309 e. The molecule has 3 heteroatoms. The van der Waals surface area contributed by atoms with Crippen molar-refractivity contribution < 1.29 is 0 Å². The molecule has 1 aliphatic rings. The minimum Gasteiger partial charge on any atom is -0.309 e. The number of hydrogen-bond acceptors (Lipinski definition) is 2. The van der Waals surface area contributed by atoms with Crippen LogP contribution >= 0.6 is 27.3 Å². The second kappa shape index (κ2) is 6.42. The van der Waals surface area contributed by atoms with Gasteiger partial charge in [0.25, 0.3) is 0 Å². The van der Waals surface area contributed by atoms with Gasteiger partial charge in [0.1, 0.15) is 0 Å². The van der Waals surface area contributed by atoms with E-state index in [1.165, 1.54) is 39.7 Å². The van der Waals surface area contributed by atoms with Crippen LogP contribution in [0.5, 0.6) is 0 Å². The summed E-state index contributed by atoms with van der Waals surface area (Å²) in [6, 6.07) is 11.5. The molecule has 0 aliphatic heterocycles. The molecule has 1 unspecified atom stereocenters. The van der Waals surface area contributed by atoms with Crippen LogP contribution in [0.1, 0.15) is 35.4 Å². The van der Waals surface area contributed by atoms with Crippen molar-refractivity contribution >= 4 is 27.3 Å². The SMILES string of the molecule is CCCNC(c1sccc1Br)C1Cc2ccccc2C1. The zero-order valence-electron chi connectivity index (χ0n) is 11.7. The Kier molecular flexibility index (Phi) is 4.59. The summed E-state index contributed by atoms with van der Waals surface area (Å²) in [5.41, 5.74) is 3.07. The molecular formula is C17H20BrNS. The fourth-order valence-electron chi connectivity index (χ4n) is 3.13. The predicted octanol–water partition coefficient (Wildman–Crippen LogP) is 4.97. The van der Waals surface area contributed by atoms with Crippen molar-refractivity contribution in [3.8, 4) is 0 Å². The van der Waals surface area contributed by atoms with E-state index in [2.05, 4.69) is 63.9 Å². The van der Waals surface area contributed by atoms with Crippen molar-refractivity contribution in [3.05, 3.63) is 56.2 Å². The van der Waals surface area contributed by atoms with Crippen LogP contribution in [0.15, 0.2) is 40.2 Å². The van der Waals surface area contributed by atoms with Crippen molar-refractivity contribution in [1.82, 2.24) is 5.32 Å². The molecule has 106 valence electrons. The quantitative estimate of drug-likeness (QED) is 0.803. The number of rotatable bonds is 5. The summed E-state index contributed by atoms with van der Waals surface area (Å²) >= 11 is 5.58. The molecule has 1 heterocycles. The summed E-state index contributed by atoms with van der Waals surface area (Å²) in [6.07, 6.45) is 3.57. The van der Waals surface area contributed by atoms with Crippen LogP contribution in [0.4, 0.5) is 0 Å². The van der Waals surface area contributed by atoms with Crippen LogP contribution < -0.4 is 5.32 Å². The van der Waals surface area contributed by atoms with Gasteiger partial charge < -0.3 is 5.32 Å². The molecule has 0 saturated heterocycles. The molecule has 0 radical (unpaired) electrons. The topological polar surface area (TPSA) is 12.0 Å². The van der Waals surface area contributed by atoms with Gasteiger partial charge in [-0.1, -0.05) is 31.2 Å². The molecule has 0 saturated carbocycles. The fraction of sp³-hybridized carbons (Fsp3) is 0.412. The molecule has 1 nitrogen and oxygen atoms in total. The summed E-state index contributed by atoms with van der Waals surface area (Å²) in [4.78, 5) is 1.45. The van der Waals surface area contributed by atoms with Crippen LogP contribution in [0, 0.1) is 5.92 Å². The molecule has 1 atom stereocenters. The first-order chi connectivity index (χ1) is 9.79. The minimum atomic E-state index is 0.469. The van der Waals surface area contributed by atoms with E-state index in [1.807, 2.05) is 11.3 Å². The number of thiophene rings is 1. The number of halogens is 1. The lowest BCUT2D eigenvalue weighted by atomic mass is 9.95. The highest BCUT2D eigenvalue weighted by Gasteiger charge is 2.30. The van der Waals surface area contributed by atoms with Gasteiger partial charge in [-0.3, -0.25) is 0 Å². The van der Waals surface area contributed by atoms with Gasteiger partial charge in [-0.05, 0) is 70.2 Å². The van der Waals surface area contributed by atoms with Gasteiger partial charge >= 0.3 is 0 Å². The van der Waals surface area contributed by atoms with Gasteiger partial charge in [0.2, 0.25) is 0 Å². The molecule has 0 spiro atoms. The first-order valence-corrected chi connectivity index (χ1v) is 9.00. The van der Waals surface area contributed by atoms with E-state index < -0.39 is 0 Å². The zero-order chi connectivity index (χ0) is 13.9. The molecule has 1 aromatic heterocycles.